The maximum absolute atomic E-state index is 4.25. The van der Waals surface area contributed by atoms with Crippen LogP contribution in [-0.4, -0.2) is 19.1 Å². The number of hydrogen-bond acceptors (Lipinski definition) is 2. The van der Waals surface area contributed by atoms with Crippen LogP contribution in [0.1, 0.15) is 19.3 Å². The first-order valence-corrected chi connectivity index (χ1v) is 7.11. The molecule has 0 fully saturated rings. The summed E-state index contributed by atoms with van der Waals surface area (Å²) in [6.07, 6.45) is 16.1. The molecule has 0 radical (unpaired) electrons. The quantitative estimate of drug-likeness (QED) is 0.692. The van der Waals surface area contributed by atoms with Gasteiger partial charge in [0.05, 0.1) is 19.1 Å². The van der Waals surface area contributed by atoms with Crippen molar-refractivity contribution in [3.63, 3.8) is 0 Å². The van der Waals surface area contributed by atoms with E-state index in [0.717, 1.165) is 25.8 Å². The van der Waals surface area contributed by atoms with Gasteiger partial charge in [-0.3, -0.25) is 0 Å². The van der Waals surface area contributed by atoms with Crippen LogP contribution in [0, 0.1) is 5.92 Å². The van der Waals surface area contributed by atoms with Gasteiger partial charge in [-0.1, -0.05) is 52.4 Å². The third-order valence-electron chi connectivity index (χ3n) is 3.02. The highest BCUT2D eigenvalue weighted by Crippen LogP contribution is 2.23. The maximum Gasteiger partial charge on any atom is 0.0896 e. The largest absolute Gasteiger partial charge is 0.225 e. The third kappa shape index (κ3) is 4.25. The van der Waals surface area contributed by atoms with Crippen molar-refractivity contribution in [1.29, 1.82) is 0 Å². The minimum Gasteiger partial charge on any atom is -0.225 e. The molecule has 0 saturated carbocycles. The molecule has 2 nitrogen and oxygen atoms in total. The van der Waals surface area contributed by atoms with Crippen LogP contribution in [0.5, 0.6) is 0 Å². The Morgan fingerprint density at radius 1 is 1.28 bits per heavy atom. The summed E-state index contributed by atoms with van der Waals surface area (Å²) in [4.78, 5) is 8.50. The molecule has 0 aromatic heterocycles. The second-order valence-electron chi connectivity index (χ2n) is 4.46. The Morgan fingerprint density at radius 2 is 2.22 bits per heavy atom. The van der Waals surface area contributed by atoms with Crippen molar-refractivity contribution in [2.75, 3.05) is 13.1 Å². The van der Waals surface area contributed by atoms with Crippen LogP contribution in [0.25, 0.3) is 0 Å². The Hall–Kier alpha value is -1.18. The van der Waals surface area contributed by atoms with E-state index in [1.165, 1.54) is 10.1 Å². The van der Waals surface area contributed by atoms with Crippen molar-refractivity contribution >= 4 is 21.9 Å². The van der Waals surface area contributed by atoms with Gasteiger partial charge in [0.15, 0.2) is 0 Å². The van der Waals surface area contributed by atoms with Gasteiger partial charge in [0, 0.05) is 10.4 Å². The van der Waals surface area contributed by atoms with E-state index in [1.54, 1.807) is 0 Å². The molecule has 0 spiro atoms. The summed E-state index contributed by atoms with van der Waals surface area (Å²) in [5.74, 6) is 0.515. The molecule has 0 amide bonds. The predicted octanol–water partition coefficient (Wildman–Crippen LogP) is 4.29. The van der Waals surface area contributed by atoms with E-state index in [2.05, 4.69) is 68.4 Å². The van der Waals surface area contributed by atoms with Crippen molar-refractivity contribution < 1.29 is 0 Å². The molecule has 2 aliphatic carbocycles. The normalized spacial score (nSPS) is 21.9. The lowest BCUT2D eigenvalue weighted by Gasteiger charge is -2.08. The summed E-state index contributed by atoms with van der Waals surface area (Å²) in [5, 5.41) is 0. The lowest BCUT2D eigenvalue weighted by Crippen LogP contribution is -2.01. The summed E-state index contributed by atoms with van der Waals surface area (Å²) in [6, 6.07) is 2.81. The smallest absolute Gasteiger partial charge is 0.0896 e. The highest BCUT2D eigenvalue weighted by molar-refractivity contribution is 9.11. The van der Waals surface area contributed by atoms with Crippen molar-refractivity contribution in [1.82, 2.24) is 0 Å². The van der Waals surface area contributed by atoms with Gasteiger partial charge in [-0.05, 0) is 24.8 Å². The minimum atomic E-state index is 0.515. The van der Waals surface area contributed by atoms with E-state index in [4.69, 9.17) is 0 Å². The predicted molar refractivity (Wildman–Crippen MR) is 80.3 cm³/mol. The van der Waals surface area contributed by atoms with Crippen LogP contribution >= 0.6 is 15.9 Å². The Balaban J connectivity index is 1.79. The summed E-state index contributed by atoms with van der Waals surface area (Å²) in [5.41, 5.74) is 1.33. The number of allylic oxidation sites excluding steroid dienone is 6. The molecule has 18 heavy (non-hydrogen) atoms. The molecule has 2 rings (SSSR count). The van der Waals surface area contributed by atoms with E-state index in [-0.39, 0.29) is 0 Å². The molecule has 0 bridgehead atoms. The van der Waals surface area contributed by atoms with Gasteiger partial charge in [0.2, 0.25) is 0 Å². The fourth-order valence-electron chi connectivity index (χ4n) is 1.94. The van der Waals surface area contributed by atoms with Crippen LogP contribution in [-0.2, 0) is 0 Å². The highest BCUT2D eigenvalue weighted by atomic mass is 79.9. The standard InChI is InChI=1S/C15H17BrN2/c16-15-9-5-4-8-14(15)11-18-12-17-10-13-6-2-1-3-7-13/h1-3,5-6,9,13H,4,7-8,10-11H2. The Labute approximate surface area is 117 Å². The minimum absolute atomic E-state index is 0.515. The van der Waals surface area contributed by atoms with Gasteiger partial charge < -0.3 is 0 Å². The van der Waals surface area contributed by atoms with E-state index >= 15 is 0 Å². The lowest BCUT2D eigenvalue weighted by molar-refractivity contribution is 0.672. The van der Waals surface area contributed by atoms with E-state index in [0.29, 0.717) is 12.5 Å². The van der Waals surface area contributed by atoms with Crippen molar-refractivity contribution in [2.45, 2.75) is 19.3 Å². The molecule has 1 unspecified atom stereocenters. The monoisotopic (exact) mass is 304 g/mol. The zero-order chi connectivity index (χ0) is 12.6. The molecule has 0 heterocycles. The fraction of sp³-hybridized carbons (Fsp3) is 0.400. The zero-order valence-electron chi connectivity index (χ0n) is 10.3. The molecule has 0 saturated heterocycles. The third-order valence-corrected chi connectivity index (χ3v) is 3.85. The molecule has 94 valence electrons. The first-order chi connectivity index (χ1) is 8.86. The summed E-state index contributed by atoms with van der Waals surface area (Å²) < 4.78 is 1.17. The molecule has 0 N–H and O–H groups in total. The van der Waals surface area contributed by atoms with Gasteiger partial charge in [-0.2, -0.15) is 0 Å². The van der Waals surface area contributed by atoms with Crippen LogP contribution in [0.3, 0.4) is 0 Å². The summed E-state index contributed by atoms with van der Waals surface area (Å²) >= 11 is 3.54. The fourth-order valence-corrected chi connectivity index (χ4v) is 2.45. The number of aliphatic imine (C=N–C) groups is 2. The average molecular weight is 305 g/mol. The Morgan fingerprint density at radius 3 is 3.00 bits per heavy atom. The van der Waals surface area contributed by atoms with Gasteiger partial charge in [0.1, 0.15) is 0 Å². The summed E-state index contributed by atoms with van der Waals surface area (Å²) in [7, 11) is 0. The topological polar surface area (TPSA) is 24.7 Å². The number of rotatable bonds is 4. The first-order valence-electron chi connectivity index (χ1n) is 6.31. The molecular formula is C15H17BrN2. The second-order valence-corrected chi connectivity index (χ2v) is 5.31. The molecule has 3 heteroatoms. The average Bonchev–Trinajstić information content (AvgIpc) is 2.42. The van der Waals surface area contributed by atoms with Gasteiger partial charge in [-0.25, -0.2) is 9.98 Å². The molecule has 2 aliphatic rings. The number of nitrogens with zero attached hydrogens (tertiary/aromatic N) is 2. The Bertz CT molecular complexity index is 463. The van der Waals surface area contributed by atoms with Crippen LogP contribution in [0.15, 0.2) is 56.5 Å². The van der Waals surface area contributed by atoms with Crippen LogP contribution in [0.2, 0.25) is 0 Å². The lowest BCUT2D eigenvalue weighted by atomic mass is 10.0. The molecule has 0 aliphatic heterocycles. The van der Waals surface area contributed by atoms with Gasteiger partial charge >= 0.3 is 0 Å². The number of hydrogen-bond donors (Lipinski definition) is 0. The van der Waals surface area contributed by atoms with Crippen molar-refractivity contribution in [3.05, 3.63) is 46.5 Å². The summed E-state index contributed by atoms with van der Waals surface area (Å²) in [6.45, 7) is 1.49. The zero-order valence-corrected chi connectivity index (χ0v) is 11.9. The SMILES string of the molecule is BrC1=C(CN=C=NCC2C=CC=CC2)CCC=C1. The second kappa shape index (κ2) is 7.30. The van der Waals surface area contributed by atoms with E-state index in [1.807, 2.05) is 0 Å². The van der Waals surface area contributed by atoms with Crippen molar-refractivity contribution in [3.8, 4) is 0 Å². The molecule has 0 aromatic rings. The van der Waals surface area contributed by atoms with Crippen LogP contribution < -0.4 is 0 Å². The van der Waals surface area contributed by atoms with E-state index in [9.17, 15) is 0 Å². The first kappa shape index (κ1) is 13.3. The number of halogens is 1. The molecule has 0 aromatic carbocycles. The van der Waals surface area contributed by atoms with Gasteiger partial charge in [-0.15, -0.1) is 0 Å². The Kier molecular flexibility index (Phi) is 5.37. The highest BCUT2D eigenvalue weighted by Gasteiger charge is 2.04. The molecule has 1 atom stereocenters. The molecular weight excluding hydrogens is 288 g/mol. The van der Waals surface area contributed by atoms with Crippen molar-refractivity contribution in [2.24, 2.45) is 15.9 Å². The maximum atomic E-state index is 4.25. The van der Waals surface area contributed by atoms with Crippen LogP contribution in [0.4, 0.5) is 0 Å². The van der Waals surface area contributed by atoms with Gasteiger partial charge in [0.25, 0.3) is 0 Å². The van der Waals surface area contributed by atoms with E-state index < -0.39 is 0 Å².